The molecule has 0 atom stereocenters. The molecule has 1 heterocycles. The van der Waals surface area contributed by atoms with Gasteiger partial charge in [-0.2, -0.15) is 22.0 Å². The summed E-state index contributed by atoms with van der Waals surface area (Å²) in [6, 6.07) is 0. The predicted molar refractivity (Wildman–Crippen MR) is 48.4 cm³/mol. The van der Waals surface area contributed by atoms with E-state index < -0.39 is 40.8 Å². The van der Waals surface area contributed by atoms with E-state index in [2.05, 4.69) is 9.97 Å². The fourth-order valence-corrected chi connectivity index (χ4v) is 1.29. The van der Waals surface area contributed by atoms with E-state index in [4.69, 9.17) is 5.11 Å². The minimum absolute atomic E-state index is 0.450. The number of nitrogens with zero attached hydrogens (tertiary/aromatic N) is 2. The average Bonchev–Trinajstić information content (AvgIpc) is 2.13. The van der Waals surface area contributed by atoms with Gasteiger partial charge in [0.15, 0.2) is 0 Å². The van der Waals surface area contributed by atoms with Crippen LogP contribution in [0.25, 0.3) is 0 Å². The monoisotopic (exact) mass is 270 g/mol. The van der Waals surface area contributed by atoms with Crippen LogP contribution in [0.15, 0.2) is 0 Å². The molecule has 0 radical (unpaired) electrons. The first-order valence-corrected chi connectivity index (χ1v) is 4.52. The van der Waals surface area contributed by atoms with Crippen LogP contribution in [0.1, 0.15) is 27.6 Å². The van der Waals surface area contributed by atoms with Crippen molar-refractivity contribution in [3.63, 3.8) is 0 Å². The lowest BCUT2D eigenvalue weighted by atomic mass is 10.1. The second-order valence-corrected chi connectivity index (χ2v) is 3.47. The highest BCUT2D eigenvalue weighted by molar-refractivity contribution is 5.89. The third-order valence-corrected chi connectivity index (χ3v) is 2.12. The van der Waals surface area contributed by atoms with Crippen molar-refractivity contribution >= 4 is 5.97 Å². The molecule has 18 heavy (non-hydrogen) atoms. The fraction of sp³-hybridized carbons (Fsp3) is 0.444. The Balaban J connectivity index is 3.44. The van der Waals surface area contributed by atoms with Crippen molar-refractivity contribution in [2.75, 3.05) is 0 Å². The van der Waals surface area contributed by atoms with E-state index in [-0.39, 0.29) is 0 Å². The van der Waals surface area contributed by atoms with Crippen molar-refractivity contribution in [3.05, 3.63) is 22.8 Å². The molecule has 100 valence electrons. The van der Waals surface area contributed by atoms with Gasteiger partial charge in [-0.05, 0) is 13.8 Å². The van der Waals surface area contributed by atoms with Crippen LogP contribution in [0.5, 0.6) is 0 Å². The summed E-state index contributed by atoms with van der Waals surface area (Å²) < 4.78 is 62.2. The zero-order chi connectivity index (χ0) is 14.3. The van der Waals surface area contributed by atoms with Crippen molar-refractivity contribution in [1.82, 2.24) is 9.97 Å². The molecule has 1 aromatic heterocycles. The fourth-order valence-electron chi connectivity index (χ4n) is 1.29. The maximum atomic E-state index is 13.0. The zero-order valence-electron chi connectivity index (χ0n) is 9.14. The van der Waals surface area contributed by atoms with Crippen molar-refractivity contribution in [3.8, 4) is 0 Å². The molecule has 0 saturated carbocycles. The Morgan fingerprint density at radius 1 is 1.06 bits per heavy atom. The van der Waals surface area contributed by atoms with E-state index in [0.29, 0.717) is 0 Å². The van der Waals surface area contributed by atoms with Gasteiger partial charge in [0, 0.05) is 0 Å². The van der Waals surface area contributed by atoms with E-state index in [9.17, 15) is 26.7 Å². The number of carboxylic acids is 1. The van der Waals surface area contributed by atoms with Gasteiger partial charge in [-0.15, -0.1) is 0 Å². The van der Waals surface area contributed by atoms with Gasteiger partial charge >= 0.3 is 18.1 Å². The maximum absolute atomic E-state index is 13.0. The standard InChI is InChI=1S/C9H7F5N2O2/c1-3-5(6(17)18)4(2)16-7(15-3)8(10,11)9(12,13)14/h1-2H3,(H,17,18). The van der Waals surface area contributed by atoms with Crippen LogP contribution in [0, 0.1) is 13.8 Å². The molecule has 4 nitrogen and oxygen atoms in total. The van der Waals surface area contributed by atoms with Crippen LogP contribution in [-0.2, 0) is 5.92 Å². The molecule has 1 aromatic rings. The summed E-state index contributed by atoms with van der Waals surface area (Å²) in [5, 5.41) is 8.71. The Hall–Kier alpha value is -1.80. The minimum atomic E-state index is -5.84. The number of alkyl halides is 5. The summed E-state index contributed by atoms with van der Waals surface area (Å²) in [6.07, 6.45) is -5.84. The summed E-state index contributed by atoms with van der Waals surface area (Å²) in [5.74, 6) is -8.47. The highest BCUT2D eigenvalue weighted by Gasteiger charge is 2.61. The lowest BCUT2D eigenvalue weighted by Crippen LogP contribution is -2.36. The zero-order valence-corrected chi connectivity index (χ0v) is 9.14. The topological polar surface area (TPSA) is 63.1 Å². The Labute approximate surface area is 97.5 Å². The molecule has 0 aliphatic heterocycles. The van der Waals surface area contributed by atoms with Gasteiger partial charge in [0.05, 0.1) is 11.4 Å². The molecule has 0 aromatic carbocycles. The van der Waals surface area contributed by atoms with Crippen LogP contribution in [0.4, 0.5) is 22.0 Å². The molecule has 9 heteroatoms. The lowest BCUT2D eigenvalue weighted by molar-refractivity contribution is -0.292. The number of carbonyl (C=O) groups is 1. The van der Waals surface area contributed by atoms with Gasteiger partial charge in [0.1, 0.15) is 5.56 Å². The van der Waals surface area contributed by atoms with Gasteiger partial charge in [-0.1, -0.05) is 0 Å². The van der Waals surface area contributed by atoms with Crippen LogP contribution >= 0.6 is 0 Å². The van der Waals surface area contributed by atoms with Crippen LogP contribution < -0.4 is 0 Å². The number of carboxylic acid groups (broad SMARTS) is 1. The summed E-state index contributed by atoms with van der Waals surface area (Å²) in [4.78, 5) is 16.6. The normalized spacial score (nSPS) is 12.6. The number of aryl methyl sites for hydroxylation is 2. The van der Waals surface area contributed by atoms with Crippen molar-refractivity contribution in [2.45, 2.75) is 25.9 Å². The number of rotatable bonds is 2. The molecule has 0 aliphatic rings. The first kappa shape index (κ1) is 14.3. The van der Waals surface area contributed by atoms with Gasteiger partial charge in [-0.25, -0.2) is 14.8 Å². The Bertz CT molecular complexity index is 475. The summed E-state index contributed by atoms with van der Waals surface area (Å²) in [6.45, 7) is 2.04. The molecule has 1 rings (SSSR count). The molecular weight excluding hydrogens is 263 g/mol. The number of aromatic carboxylic acids is 1. The molecular formula is C9H7F5N2O2. The van der Waals surface area contributed by atoms with E-state index >= 15 is 0 Å². The Morgan fingerprint density at radius 2 is 1.44 bits per heavy atom. The van der Waals surface area contributed by atoms with Crippen LogP contribution in [-0.4, -0.2) is 27.2 Å². The maximum Gasteiger partial charge on any atom is 0.461 e. The summed E-state index contributed by atoms with van der Waals surface area (Å²) in [5.41, 5.74) is -1.39. The van der Waals surface area contributed by atoms with E-state index in [1.165, 1.54) is 0 Å². The largest absolute Gasteiger partial charge is 0.478 e. The summed E-state index contributed by atoms with van der Waals surface area (Å²) >= 11 is 0. The lowest BCUT2D eigenvalue weighted by Gasteiger charge is -2.19. The minimum Gasteiger partial charge on any atom is -0.478 e. The number of aromatic nitrogens is 2. The van der Waals surface area contributed by atoms with Gasteiger partial charge in [0.25, 0.3) is 0 Å². The van der Waals surface area contributed by atoms with Gasteiger partial charge in [0.2, 0.25) is 5.82 Å². The highest BCUT2D eigenvalue weighted by atomic mass is 19.4. The first-order valence-electron chi connectivity index (χ1n) is 4.52. The predicted octanol–water partition coefficient (Wildman–Crippen LogP) is 2.45. The van der Waals surface area contributed by atoms with Crippen molar-refractivity contribution < 1.29 is 31.9 Å². The molecule has 0 unspecified atom stereocenters. The smallest absolute Gasteiger partial charge is 0.461 e. The number of hydrogen-bond acceptors (Lipinski definition) is 3. The molecule has 0 saturated heterocycles. The third-order valence-electron chi connectivity index (χ3n) is 2.12. The number of halogens is 5. The summed E-state index contributed by atoms with van der Waals surface area (Å²) in [7, 11) is 0. The van der Waals surface area contributed by atoms with Crippen molar-refractivity contribution in [2.24, 2.45) is 0 Å². The molecule has 1 N–H and O–H groups in total. The Kier molecular flexibility index (Phi) is 3.28. The average molecular weight is 270 g/mol. The van der Waals surface area contributed by atoms with E-state index in [1.807, 2.05) is 0 Å². The first-order chi connectivity index (χ1) is 7.98. The van der Waals surface area contributed by atoms with Crippen molar-refractivity contribution in [1.29, 1.82) is 0 Å². The van der Waals surface area contributed by atoms with Gasteiger partial charge < -0.3 is 5.11 Å². The molecule has 0 spiro atoms. The van der Waals surface area contributed by atoms with Crippen LogP contribution in [0.3, 0.4) is 0 Å². The van der Waals surface area contributed by atoms with E-state index in [0.717, 1.165) is 13.8 Å². The highest BCUT2D eigenvalue weighted by Crippen LogP contribution is 2.42. The molecule has 0 amide bonds. The van der Waals surface area contributed by atoms with Gasteiger partial charge in [-0.3, -0.25) is 0 Å². The third kappa shape index (κ3) is 2.24. The molecule has 0 aliphatic carbocycles. The van der Waals surface area contributed by atoms with Crippen LogP contribution in [0.2, 0.25) is 0 Å². The van der Waals surface area contributed by atoms with E-state index in [1.54, 1.807) is 0 Å². The molecule has 0 bridgehead atoms. The SMILES string of the molecule is Cc1nc(C(F)(F)C(F)(F)F)nc(C)c1C(=O)O. The number of hydrogen-bond donors (Lipinski definition) is 1. The quantitative estimate of drug-likeness (QED) is 0.838. The Morgan fingerprint density at radius 3 is 1.72 bits per heavy atom. The second-order valence-electron chi connectivity index (χ2n) is 3.47. The second kappa shape index (κ2) is 4.14. The molecule has 0 fully saturated rings.